The Morgan fingerprint density at radius 3 is 2.57 bits per heavy atom. The van der Waals surface area contributed by atoms with Crippen LogP contribution in [0.2, 0.25) is 0 Å². The van der Waals surface area contributed by atoms with Gasteiger partial charge in [0.05, 0.1) is 12.3 Å². The minimum atomic E-state index is -0.606. The molecule has 0 unspecified atom stereocenters. The number of amides is 1. The SMILES string of the molecule is CCOC(=O)/C=C(\N)COC(=O)NC. The van der Waals surface area contributed by atoms with Gasteiger partial charge in [-0.1, -0.05) is 0 Å². The van der Waals surface area contributed by atoms with E-state index in [1.807, 2.05) is 0 Å². The molecule has 6 heteroatoms. The van der Waals surface area contributed by atoms with Crippen molar-refractivity contribution in [3.8, 4) is 0 Å². The van der Waals surface area contributed by atoms with Crippen molar-refractivity contribution < 1.29 is 19.1 Å². The number of nitrogens with one attached hydrogen (secondary N) is 1. The summed E-state index contributed by atoms with van der Waals surface area (Å²) < 4.78 is 9.18. The molecule has 0 aliphatic rings. The average Bonchev–Trinajstić information content (AvgIpc) is 2.14. The summed E-state index contributed by atoms with van der Waals surface area (Å²) >= 11 is 0. The fourth-order valence-corrected chi connectivity index (χ4v) is 0.598. The summed E-state index contributed by atoms with van der Waals surface area (Å²) in [5.41, 5.74) is 5.49. The molecule has 0 bridgehead atoms. The van der Waals surface area contributed by atoms with Crippen molar-refractivity contribution in [1.82, 2.24) is 5.32 Å². The molecule has 0 aliphatic heterocycles. The van der Waals surface area contributed by atoms with E-state index >= 15 is 0 Å². The van der Waals surface area contributed by atoms with Gasteiger partial charge in [0.1, 0.15) is 6.61 Å². The van der Waals surface area contributed by atoms with Gasteiger partial charge in [-0.05, 0) is 6.92 Å². The van der Waals surface area contributed by atoms with Gasteiger partial charge in [-0.2, -0.15) is 0 Å². The van der Waals surface area contributed by atoms with Gasteiger partial charge in [-0.25, -0.2) is 9.59 Å². The number of hydrogen-bond donors (Lipinski definition) is 2. The molecule has 0 spiro atoms. The summed E-state index contributed by atoms with van der Waals surface area (Å²) in [6.45, 7) is 1.82. The molecular weight excluding hydrogens is 188 g/mol. The van der Waals surface area contributed by atoms with E-state index in [2.05, 4.69) is 14.8 Å². The van der Waals surface area contributed by atoms with Gasteiger partial charge in [0.15, 0.2) is 0 Å². The van der Waals surface area contributed by atoms with Crippen LogP contribution in [0.15, 0.2) is 11.8 Å². The molecule has 0 fully saturated rings. The van der Waals surface area contributed by atoms with Crippen molar-refractivity contribution in [2.75, 3.05) is 20.3 Å². The highest BCUT2D eigenvalue weighted by molar-refractivity contribution is 5.82. The first kappa shape index (κ1) is 12.3. The Hall–Kier alpha value is -1.72. The molecule has 0 rings (SSSR count). The molecule has 6 nitrogen and oxygen atoms in total. The highest BCUT2D eigenvalue weighted by Gasteiger charge is 2.01. The molecular formula is C8H14N2O4. The first-order chi connectivity index (χ1) is 6.60. The fraction of sp³-hybridized carbons (Fsp3) is 0.500. The largest absolute Gasteiger partial charge is 0.463 e. The zero-order chi connectivity index (χ0) is 11.0. The minimum absolute atomic E-state index is 0.132. The zero-order valence-electron chi connectivity index (χ0n) is 8.20. The Balaban J connectivity index is 3.88. The van der Waals surface area contributed by atoms with Gasteiger partial charge in [0, 0.05) is 13.1 Å². The summed E-state index contributed by atoms with van der Waals surface area (Å²) in [5.74, 6) is -0.550. The van der Waals surface area contributed by atoms with E-state index in [-0.39, 0.29) is 18.9 Å². The first-order valence-corrected chi connectivity index (χ1v) is 4.07. The third kappa shape index (κ3) is 5.87. The number of rotatable bonds is 4. The van der Waals surface area contributed by atoms with Crippen LogP contribution in [-0.4, -0.2) is 32.3 Å². The molecule has 0 radical (unpaired) electrons. The van der Waals surface area contributed by atoms with Crippen molar-refractivity contribution >= 4 is 12.1 Å². The van der Waals surface area contributed by atoms with E-state index in [1.165, 1.54) is 7.05 Å². The number of hydrogen-bond acceptors (Lipinski definition) is 5. The number of ether oxygens (including phenoxy) is 2. The Labute approximate surface area is 82.0 Å². The quantitative estimate of drug-likeness (QED) is 0.484. The minimum Gasteiger partial charge on any atom is -0.463 e. The molecule has 1 amide bonds. The second-order valence-corrected chi connectivity index (χ2v) is 2.30. The van der Waals surface area contributed by atoms with Gasteiger partial charge >= 0.3 is 12.1 Å². The van der Waals surface area contributed by atoms with Crippen LogP contribution >= 0.6 is 0 Å². The third-order valence-electron chi connectivity index (χ3n) is 1.16. The summed E-state index contributed by atoms with van der Waals surface area (Å²) in [4.78, 5) is 21.4. The average molecular weight is 202 g/mol. The van der Waals surface area contributed by atoms with Crippen LogP contribution in [0.1, 0.15) is 6.92 Å². The molecule has 0 aromatic heterocycles. The lowest BCUT2D eigenvalue weighted by Crippen LogP contribution is -2.22. The third-order valence-corrected chi connectivity index (χ3v) is 1.16. The van der Waals surface area contributed by atoms with Crippen LogP contribution in [0, 0.1) is 0 Å². The molecule has 14 heavy (non-hydrogen) atoms. The highest BCUT2D eigenvalue weighted by Crippen LogP contribution is 1.89. The van der Waals surface area contributed by atoms with Crippen LogP contribution < -0.4 is 11.1 Å². The van der Waals surface area contributed by atoms with Crippen LogP contribution in [0.5, 0.6) is 0 Å². The number of alkyl carbamates (subject to hydrolysis) is 1. The maximum absolute atomic E-state index is 10.8. The van der Waals surface area contributed by atoms with Crippen molar-refractivity contribution in [1.29, 1.82) is 0 Å². The lowest BCUT2D eigenvalue weighted by molar-refractivity contribution is -0.137. The molecule has 0 atom stereocenters. The van der Waals surface area contributed by atoms with Crippen molar-refractivity contribution in [2.24, 2.45) is 5.73 Å². The van der Waals surface area contributed by atoms with E-state index in [0.717, 1.165) is 6.08 Å². The maximum Gasteiger partial charge on any atom is 0.407 e. The lowest BCUT2D eigenvalue weighted by atomic mass is 10.4. The number of carbonyl (C=O) groups is 2. The topological polar surface area (TPSA) is 90.7 Å². The summed E-state index contributed by atoms with van der Waals surface area (Å²) in [5, 5.41) is 2.24. The zero-order valence-corrected chi connectivity index (χ0v) is 8.20. The van der Waals surface area contributed by atoms with E-state index < -0.39 is 12.1 Å². The first-order valence-electron chi connectivity index (χ1n) is 4.07. The monoisotopic (exact) mass is 202 g/mol. The van der Waals surface area contributed by atoms with Crippen LogP contribution in [0.4, 0.5) is 4.79 Å². The lowest BCUT2D eigenvalue weighted by Gasteiger charge is -2.03. The second-order valence-electron chi connectivity index (χ2n) is 2.30. The van der Waals surface area contributed by atoms with Gasteiger partial charge in [0.25, 0.3) is 0 Å². The smallest absolute Gasteiger partial charge is 0.407 e. The Kier molecular flexibility index (Phi) is 5.93. The number of carbonyl (C=O) groups excluding carboxylic acids is 2. The molecule has 0 heterocycles. The van der Waals surface area contributed by atoms with Crippen LogP contribution in [0.25, 0.3) is 0 Å². The summed E-state index contributed by atoms with van der Waals surface area (Å²) in [7, 11) is 1.42. The van der Waals surface area contributed by atoms with Crippen molar-refractivity contribution in [3.63, 3.8) is 0 Å². The molecule has 0 aromatic rings. The highest BCUT2D eigenvalue weighted by atomic mass is 16.5. The van der Waals surface area contributed by atoms with Gasteiger partial charge < -0.3 is 20.5 Å². The molecule has 0 aliphatic carbocycles. The summed E-state index contributed by atoms with van der Waals surface area (Å²) in [6, 6.07) is 0. The van der Waals surface area contributed by atoms with Gasteiger partial charge in [-0.15, -0.1) is 0 Å². The standard InChI is InChI=1S/C8H14N2O4/c1-3-13-7(11)4-6(9)5-14-8(12)10-2/h4H,3,5,9H2,1-2H3,(H,10,12)/b6-4-. The Morgan fingerprint density at radius 2 is 2.07 bits per heavy atom. The van der Waals surface area contributed by atoms with E-state index in [1.54, 1.807) is 6.92 Å². The fourth-order valence-electron chi connectivity index (χ4n) is 0.598. The van der Waals surface area contributed by atoms with Crippen LogP contribution in [-0.2, 0) is 14.3 Å². The van der Waals surface area contributed by atoms with Crippen LogP contribution in [0.3, 0.4) is 0 Å². The number of nitrogens with two attached hydrogens (primary N) is 1. The predicted octanol–water partition coefficient (Wildman–Crippen LogP) is -0.252. The molecule has 80 valence electrons. The maximum atomic E-state index is 10.8. The van der Waals surface area contributed by atoms with Crippen molar-refractivity contribution in [2.45, 2.75) is 6.92 Å². The normalized spacial score (nSPS) is 10.6. The van der Waals surface area contributed by atoms with E-state index in [0.29, 0.717) is 0 Å². The van der Waals surface area contributed by atoms with E-state index in [4.69, 9.17) is 5.73 Å². The van der Waals surface area contributed by atoms with Gasteiger partial charge in [-0.3, -0.25) is 0 Å². The summed E-state index contributed by atoms with van der Waals surface area (Å²) in [6.07, 6.45) is 0.470. The Morgan fingerprint density at radius 1 is 1.43 bits per heavy atom. The molecule has 0 saturated heterocycles. The molecule has 0 aromatic carbocycles. The van der Waals surface area contributed by atoms with Gasteiger partial charge in [0.2, 0.25) is 0 Å². The van der Waals surface area contributed by atoms with E-state index in [9.17, 15) is 9.59 Å². The Bertz CT molecular complexity index is 237. The molecule has 3 N–H and O–H groups in total. The number of esters is 1. The van der Waals surface area contributed by atoms with Crippen molar-refractivity contribution in [3.05, 3.63) is 11.8 Å². The second kappa shape index (κ2) is 6.76. The molecule has 0 saturated carbocycles. The predicted molar refractivity (Wildman–Crippen MR) is 49.3 cm³/mol.